The number of hydrogen-bond donors (Lipinski definition) is 2. The highest BCUT2D eigenvalue weighted by molar-refractivity contribution is 7.89. The molecule has 2 N–H and O–H groups in total. The Bertz CT molecular complexity index is 641. The highest BCUT2D eigenvalue weighted by Crippen LogP contribution is 2.20. The first kappa shape index (κ1) is 17.9. The SMILES string of the molecule is C[C@@H](O)CNS(=O)(=O)C[C@@H]1CCCN(C(=O)c2cnn(C)c2)C1. The molecule has 0 aliphatic carbocycles. The fourth-order valence-electron chi connectivity index (χ4n) is 2.72. The quantitative estimate of drug-likeness (QED) is 0.729. The molecule has 0 bridgehead atoms. The van der Waals surface area contributed by atoms with E-state index in [2.05, 4.69) is 9.82 Å². The number of amides is 1. The molecule has 0 unspecified atom stereocenters. The first-order valence-electron chi connectivity index (χ1n) is 7.70. The molecular formula is C14H24N4O4S. The van der Waals surface area contributed by atoms with Crippen molar-refractivity contribution in [1.29, 1.82) is 0 Å². The summed E-state index contributed by atoms with van der Waals surface area (Å²) in [5.41, 5.74) is 0.517. The van der Waals surface area contributed by atoms with Crippen LogP contribution in [0.25, 0.3) is 0 Å². The van der Waals surface area contributed by atoms with E-state index >= 15 is 0 Å². The Labute approximate surface area is 136 Å². The van der Waals surface area contributed by atoms with E-state index in [1.54, 1.807) is 22.8 Å². The van der Waals surface area contributed by atoms with Gasteiger partial charge in [-0.15, -0.1) is 0 Å². The first-order valence-corrected chi connectivity index (χ1v) is 9.35. The Morgan fingerprint density at radius 1 is 1.57 bits per heavy atom. The molecule has 0 aromatic carbocycles. The lowest BCUT2D eigenvalue weighted by Crippen LogP contribution is -2.43. The van der Waals surface area contributed by atoms with Crippen LogP contribution in [0.1, 0.15) is 30.1 Å². The second-order valence-corrected chi connectivity index (χ2v) is 7.99. The molecule has 0 radical (unpaired) electrons. The molecule has 0 saturated carbocycles. The number of aryl methyl sites for hydroxylation is 1. The third-order valence-corrected chi connectivity index (χ3v) is 5.33. The summed E-state index contributed by atoms with van der Waals surface area (Å²) in [6.07, 6.45) is 4.01. The molecule has 8 nitrogen and oxygen atoms in total. The zero-order chi connectivity index (χ0) is 17.0. The van der Waals surface area contributed by atoms with Crippen molar-refractivity contribution < 1.29 is 18.3 Å². The maximum absolute atomic E-state index is 12.4. The lowest BCUT2D eigenvalue weighted by molar-refractivity contribution is 0.0684. The van der Waals surface area contributed by atoms with E-state index in [0.717, 1.165) is 12.8 Å². The molecule has 1 saturated heterocycles. The molecule has 1 fully saturated rings. The second-order valence-electron chi connectivity index (χ2n) is 6.14. The number of rotatable bonds is 6. The molecule has 1 aromatic heterocycles. The van der Waals surface area contributed by atoms with Crippen molar-refractivity contribution in [2.75, 3.05) is 25.4 Å². The fourth-order valence-corrected chi connectivity index (χ4v) is 4.22. The normalized spacial score (nSPS) is 20.5. The maximum atomic E-state index is 12.4. The highest BCUT2D eigenvalue weighted by Gasteiger charge is 2.28. The van der Waals surface area contributed by atoms with Gasteiger partial charge in [0.2, 0.25) is 10.0 Å². The number of aromatic nitrogens is 2. The van der Waals surface area contributed by atoms with Crippen LogP contribution in [0.2, 0.25) is 0 Å². The fraction of sp³-hybridized carbons (Fsp3) is 0.714. The second kappa shape index (κ2) is 7.41. The average molecular weight is 344 g/mol. The molecule has 0 spiro atoms. The number of hydrogen-bond acceptors (Lipinski definition) is 5. The van der Waals surface area contributed by atoms with Crippen molar-refractivity contribution >= 4 is 15.9 Å². The molecule has 2 heterocycles. The number of aliphatic hydroxyl groups is 1. The first-order chi connectivity index (χ1) is 10.8. The van der Waals surface area contributed by atoms with Crippen LogP contribution in [-0.2, 0) is 17.1 Å². The topological polar surface area (TPSA) is 105 Å². The lowest BCUT2D eigenvalue weighted by Gasteiger charge is -2.32. The van der Waals surface area contributed by atoms with E-state index in [-0.39, 0.29) is 24.1 Å². The smallest absolute Gasteiger partial charge is 0.257 e. The van der Waals surface area contributed by atoms with Gasteiger partial charge in [0.25, 0.3) is 5.91 Å². The molecular weight excluding hydrogens is 320 g/mol. The Kier molecular flexibility index (Phi) is 5.77. The Balaban J connectivity index is 1.94. The molecule has 1 aromatic rings. The van der Waals surface area contributed by atoms with Gasteiger partial charge in [-0.1, -0.05) is 0 Å². The van der Waals surface area contributed by atoms with Crippen molar-refractivity contribution in [2.45, 2.75) is 25.9 Å². The zero-order valence-corrected chi connectivity index (χ0v) is 14.3. The van der Waals surface area contributed by atoms with E-state index in [1.165, 1.54) is 13.1 Å². The van der Waals surface area contributed by atoms with Crippen LogP contribution >= 0.6 is 0 Å². The molecule has 9 heteroatoms. The number of carbonyl (C=O) groups is 1. The van der Waals surface area contributed by atoms with Crippen molar-refractivity contribution in [3.05, 3.63) is 18.0 Å². The third-order valence-electron chi connectivity index (χ3n) is 3.81. The van der Waals surface area contributed by atoms with E-state index < -0.39 is 16.1 Å². The summed E-state index contributed by atoms with van der Waals surface area (Å²) in [5.74, 6) is -0.246. The van der Waals surface area contributed by atoms with Crippen LogP contribution in [0.5, 0.6) is 0 Å². The van der Waals surface area contributed by atoms with Crippen molar-refractivity contribution in [1.82, 2.24) is 19.4 Å². The standard InChI is InChI=1S/C14H24N4O4S/c1-11(19)6-16-23(21,22)10-12-4-3-5-18(8-12)14(20)13-7-15-17(2)9-13/h7,9,11-12,16,19H,3-6,8,10H2,1-2H3/t11-,12-/m1/s1. The van der Waals surface area contributed by atoms with Gasteiger partial charge in [0.15, 0.2) is 0 Å². The number of carbonyl (C=O) groups excluding carboxylic acids is 1. The van der Waals surface area contributed by atoms with Crippen LogP contribution in [0.15, 0.2) is 12.4 Å². The maximum Gasteiger partial charge on any atom is 0.257 e. The Hall–Kier alpha value is -1.45. The van der Waals surface area contributed by atoms with Crippen LogP contribution in [0.3, 0.4) is 0 Å². The zero-order valence-electron chi connectivity index (χ0n) is 13.5. The summed E-state index contributed by atoms with van der Waals surface area (Å²) in [4.78, 5) is 14.1. The van der Waals surface area contributed by atoms with Gasteiger partial charge < -0.3 is 10.0 Å². The molecule has 1 amide bonds. The summed E-state index contributed by atoms with van der Waals surface area (Å²) in [5, 5.41) is 13.2. The number of nitrogens with one attached hydrogen (secondary N) is 1. The van der Waals surface area contributed by atoms with Gasteiger partial charge in [-0.05, 0) is 25.7 Å². The number of likely N-dealkylation sites (tertiary alicyclic amines) is 1. The van der Waals surface area contributed by atoms with E-state index in [4.69, 9.17) is 0 Å². The van der Waals surface area contributed by atoms with Gasteiger partial charge in [0.05, 0.1) is 23.6 Å². The summed E-state index contributed by atoms with van der Waals surface area (Å²) < 4.78 is 28.0. The van der Waals surface area contributed by atoms with Crippen molar-refractivity contribution in [3.8, 4) is 0 Å². The predicted molar refractivity (Wildman–Crippen MR) is 85.3 cm³/mol. The molecule has 1 aliphatic rings. The van der Waals surface area contributed by atoms with Gasteiger partial charge in [-0.3, -0.25) is 9.48 Å². The monoisotopic (exact) mass is 344 g/mol. The summed E-state index contributed by atoms with van der Waals surface area (Å²) >= 11 is 0. The van der Waals surface area contributed by atoms with Crippen molar-refractivity contribution in [3.63, 3.8) is 0 Å². The van der Waals surface area contributed by atoms with Crippen LogP contribution in [0.4, 0.5) is 0 Å². The predicted octanol–water partition coefficient (Wildman–Crippen LogP) is -0.427. The molecule has 130 valence electrons. The lowest BCUT2D eigenvalue weighted by atomic mass is 9.99. The number of aliphatic hydroxyl groups excluding tert-OH is 1. The van der Waals surface area contributed by atoms with Gasteiger partial charge in [0, 0.05) is 32.9 Å². The number of piperidine rings is 1. The number of nitrogens with zero attached hydrogens (tertiary/aromatic N) is 3. The number of sulfonamides is 1. The largest absolute Gasteiger partial charge is 0.392 e. The van der Waals surface area contributed by atoms with E-state index in [9.17, 15) is 18.3 Å². The van der Waals surface area contributed by atoms with Gasteiger partial charge in [-0.25, -0.2) is 13.1 Å². The molecule has 2 atom stereocenters. The summed E-state index contributed by atoms with van der Waals surface area (Å²) in [6, 6.07) is 0. The minimum atomic E-state index is -3.45. The minimum absolute atomic E-state index is 0.00732. The van der Waals surface area contributed by atoms with E-state index in [0.29, 0.717) is 18.7 Å². The van der Waals surface area contributed by atoms with Gasteiger partial charge in [-0.2, -0.15) is 5.10 Å². The summed E-state index contributed by atoms with van der Waals surface area (Å²) in [6.45, 7) is 2.58. The Morgan fingerprint density at radius 2 is 2.30 bits per heavy atom. The molecule has 23 heavy (non-hydrogen) atoms. The van der Waals surface area contributed by atoms with Gasteiger partial charge in [0.1, 0.15) is 0 Å². The summed E-state index contributed by atoms with van der Waals surface area (Å²) in [7, 11) is -1.70. The Morgan fingerprint density at radius 3 is 2.91 bits per heavy atom. The van der Waals surface area contributed by atoms with E-state index in [1.807, 2.05) is 0 Å². The third kappa shape index (κ3) is 5.29. The van der Waals surface area contributed by atoms with Crippen LogP contribution in [-0.4, -0.2) is 65.6 Å². The minimum Gasteiger partial charge on any atom is -0.392 e. The van der Waals surface area contributed by atoms with Crippen LogP contribution < -0.4 is 4.72 Å². The highest BCUT2D eigenvalue weighted by atomic mass is 32.2. The molecule has 1 aliphatic heterocycles. The van der Waals surface area contributed by atoms with Crippen LogP contribution in [0, 0.1) is 5.92 Å². The van der Waals surface area contributed by atoms with Gasteiger partial charge >= 0.3 is 0 Å². The molecule has 2 rings (SSSR count). The average Bonchev–Trinajstić information content (AvgIpc) is 2.91. The van der Waals surface area contributed by atoms with Crippen molar-refractivity contribution in [2.24, 2.45) is 13.0 Å².